The van der Waals surface area contributed by atoms with Crippen molar-refractivity contribution in [2.75, 3.05) is 31.1 Å². The van der Waals surface area contributed by atoms with E-state index in [0.29, 0.717) is 12.1 Å². The molecule has 2 atom stereocenters. The van der Waals surface area contributed by atoms with Crippen LogP contribution in [0.1, 0.15) is 31.4 Å². The van der Waals surface area contributed by atoms with E-state index in [0.717, 1.165) is 12.3 Å². The van der Waals surface area contributed by atoms with Crippen LogP contribution >= 0.6 is 11.8 Å². The topological polar surface area (TPSA) is 15.3 Å². The molecule has 1 saturated heterocycles. The predicted octanol–water partition coefficient (Wildman–Crippen LogP) is 3.72. The van der Waals surface area contributed by atoms with Gasteiger partial charge in [-0.05, 0) is 12.0 Å². The molecule has 0 amide bonds. The Morgan fingerprint density at radius 1 is 1.38 bits per heavy atom. The summed E-state index contributed by atoms with van der Waals surface area (Å²) >= 11 is 1.98. The van der Waals surface area contributed by atoms with Crippen molar-refractivity contribution in [3.63, 3.8) is 0 Å². The lowest BCUT2D eigenvalue weighted by molar-refractivity contribution is 0.135. The second-order valence-electron chi connectivity index (χ2n) is 5.68. The van der Waals surface area contributed by atoms with Gasteiger partial charge in [-0.15, -0.1) is 6.58 Å². The quantitative estimate of drug-likeness (QED) is 0.582. The van der Waals surface area contributed by atoms with E-state index in [-0.39, 0.29) is 0 Å². The van der Waals surface area contributed by atoms with Gasteiger partial charge in [-0.1, -0.05) is 49.8 Å². The Kier molecular flexibility index (Phi) is 7.34. The Bertz CT molecular complexity index is 407. The molecule has 2 rings (SSSR count). The molecule has 0 radical (unpaired) electrons. The first-order valence-corrected chi connectivity index (χ1v) is 9.21. The lowest BCUT2D eigenvalue weighted by Crippen LogP contribution is -2.52. The average molecular weight is 305 g/mol. The van der Waals surface area contributed by atoms with Crippen LogP contribution in [-0.2, 0) is 0 Å². The second-order valence-corrected chi connectivity index (χ2v) is 6.83. The van der Waals surface area contributed by atoms with Crippen LogP contribution in [0.25, 0.3) is 0 Å². The van der Waals surface area contributed by atoms with E-state index in [4.69, 9.17) is 0 Å². The monoisotopic (exact) mass is 304 g/mol. The summed E-state index contributed by atoms with van der Waals surface area (Å²) in [5, 5.41) is 3.74. The first-order chi connectivity index (χ1) is 10.3. The van der Waals surface area contributed by atoms with Crippen LogP contribution in [0.3, 0.4) is 0 Å². The molecule has 0 aliphatic carbocycles. The molecule has 116 valence electrons. The standard InChI is InChI=1S/C18H28N2S/c1-3-8-17-15-20(11-13-21-12-4-2)18(14-19-17)16-9-6-5-7-10-16/h4-7,9-10,17-19H,2-3,8,11-15H2,1H3. The highest BCUT2D eigenvalue weighted by Gasteiger charge is 2.27. The number of hydrogen-bond donors (Lipinski definition) is 1. The Hall–Kier alpha value is -0.770. The van der Waals surface area contributed by atoms with Gasteiger partial charge in [0.25, 0.3) is 0 Å². The fraction of sp³-hybridized carbons (Fsp3) is 0.556. The lowest BCUT2D eigenvalue weighted by atomic mass is 9.99. The van der Waals surface area contributed by atoms with Gasteiger partial charge in [-0.3, -0.25) is 4.90 Å². The fourth-order valence-electron chi connectivity index (χ4n) is 3.02. The molecule has 3 heteroatoms. The third-order valence-electron chi connectivity index (χ3n) is 4.08. The molecule has 21 heavy (non-hydrogen) atoms. The summed E-state index contributed by atoms with van der Waals surface area (Å²) in [6.45, 7) is 9.48. The van der Waals surface area contributed by atoms with Crippen LogP contribution < -0.4 is 5.32 Å². The lowest BCUT2D eigenvalue weighted by Gasteiger charge is -2.40. The molecule has 0 aromatic heterocycles. The largest absolute Gasteiger partial charge is 0.311 e. The Morgan fingerprint density at radius 2 is 2.19 bits per heavy atom. The molecular weight excluding hydrogens is 276 g/mol. The van der Waals surface area contributed by atoms with Gasteiger partial charge in [0.15, 0.2) is 0 Å². The summed E-state index contributed by atoms with van der Waals surface area (Å²) in [4.78, 5) is 2.67. The summed E-state index contributed by atoms with van der Waals surface area (Å²) in [6.07, 6.45) is 4.53. The molecule has 1 heterocycles. The minimum atomic E-state index is 0.517. The molecule has 1 aliphatic rings. The summed E-state index contributed by atoms with van der Waals surface area (Å²) in [5.74, 6) is 2.24. The van der Waals surface area contributed by atoms with Gasteiger partial charge in [-0.25, -0.2) is 0 Å². The van der Waals surface area contributed by atoms with E-state index in [1.165, 1.54) is 37.2 Å². The molecule has 1 fully saturated rings. The normalized spacial score (nSPS) is 23.1. The molecule has 1 aromatic carbocycles. The van der Waals surface area contributed by atoms with Gasteiger partial charge < -0.3 is 5.32 Å². The van der Waals surface area contributed by atoms with Crippen molar-refractivity contribution < 1.29 is 0 Å². The van der Waals surface area contributed by atoms with Gasteiger partial charge in [0.1, 0.15) is 0 Å². The highest BCUT2D eigenvalue weighted by atomic mass is 32.2. The Balaban J connectivity index is 1.97. The molecule has 0 bridgehead atoms. The first kappa shape index (κ1) is 16.6. The van der Waals surface area contributed by atoms with Crippen molar-refractivity contribution in [1.82, 2.24) is 10.2 Å². The maximum Gasteiger partial charge on any atom is 0.0473 e. The molecule has 1 N–H and O–H groups in total. The van der Waals surface area contributed by atoms with E-state index >= 15 is 0 Å². The van der Waals surface area contributed by atoms with Gasteiger partial charge in [0, 0.05) is 43.2 Å². The van der Waals surface area contributed by atoms with E-state index in [9.17, 15) is 0 Å². The number of thioether (sulfide) groups is 1. The van der Waals surface area contributed by atoms with Crippen LogP contribution in [0.2, 0.25) is 0 Å². The smallest absolute Gasteiger partial charge is 0.0473 e. The molecule has 2 unspecified atom stereocenters. The number of nitrogens with zero attached hydrogens (tertiary/aromatic N) is 1. The average Bonchev–Trinajstić information content (AvgIpc) is 2.53. The number of piperazine rings is 1. The molecule has 0 spiro atoms. The van der Waals surface area contributed by atoms with Crippen molar-refractivity contribution in [3.8, 4) is 0 Å². The summed E-state index contributed by atoms with van der Waals surface area (Å²) < 4.78 is 0. The molecule has 1 aliphatic heterocycles. The third-order valence-corrected chi connectivity index (χ3v) is 5.02. The Morgan fingerprint density at radius 3 is 2.90 bits per heavy atom. The number of benzene rings is 1. The van der Waals surface area contributed by atoms with Crippen LogP contribution in [0.5, 0.6) is 0 Å². The van der Waals surface area contributed by atoms with Crippen molar-refractivity contribution in [2.45, 2.75) is 31.8 Å². The van der Waals surface area contributed by atoms with Crippen LogP contribution in [0, 0.1) is 0 Å². The fourth-order valence-corrected chi connectivity index (χ4v) is 3.72. The zero-order chi connectivity index (χ0) is 14.9. The van der Waals surface area contributed by atoms with Gasteiger partial charge in [0.05, 0.1) is 0 Å². The predicted molar refractivity (Wildman–Crippen MR) is 95.0 cm³/mol. The van der Waals surface area contributed by atoms with E-state index < -0.39 is 0 Å². The van der Waals surface area contributed by atoms with Gasteiger partial charge in [-0.2, -0.15) is 11.8 Å². The van der Waals surface area contributed by atoms with Crippen LogP contribution in [0.15, 0.2) is 43.0 Å². The number of hydrogen-bond acceptors (Lipinski definition) is 3. The first-order valence-electron chi connectivity index (χ1n) is 8.06. The van der Waals surface area contributed by atoms with E-state index in [2.05, 4.69) is 54.1 Å². The van der Waals surface area contributed by atoms with Gasteiger partial charge >= 0.3 is 0 Å². The van der Waals surface area contributed by atoms with Crippen molar-refractivity contribution in [1.29, 1.82) is 0 Å². The highest BCUT2D eigenvalue weighted by molar-refractivity contribution is 7.99. The third kappa shape index (κ3) is 5.17. The molecular formula is C18H28N2S. The summed E-state index contributed by atoms with van der Waals surface area (Å²) in [6, 6.07) is 12.1. The maximum absolute atomic E-state index is 3.80. The molecule has 0 saturated carbocycles. The number of nitrogens with one attached hydrogen (secondary N) is 1. The van der Waals surface area contributed by atoms with Crippen LogP contribution in [0.4, 0.5) is 0 Å². The van der Waals surface area contributed by atoms with Gasteiger partial charge in [0.2, 0.25) is 0 Å². The van der Waals surface area contributed by atoms with E-state index in [1.807, 2.05) is 17.8 Å². The number of rotatable bonds is 8. The molecule has 1 aromatic rings. The van der Waals surface area contributed by atoms with Crippen molar-refractivity contribution in [3.05, 3.63) is 48.6 Å². The SMILES string of the molecule is C=CCSCCN1CC(CCC)NCC1c1ccccc1. The zero-order valence-electron chi connectivity index (χ0n) is 13.1. The van der Waals surface area contributed by atoms with E-state index in [1.54, 1.807) is 0 Å². The maximum atomic E-state index is 3.80. The highest BCUT2D eigenvalue weighted by Crippen LogP contribution is 2.24. The Labute approximate surface area is 134 Å². The summed E-state index contributed by atoms with van der Waals surface area (Å²) in [7, 11) is 0. The van der Waals surface area contributed by atoms with Crippen molar-refractivity contribution in [2.24, 2.45) is 0 Å². The second kappa shape index (κ2) is 9.29. The minimum absolute atomic E-state index is 0.517. The van der Waals surface area contributed by atoms with Crippen molar-refractivity contribution >= 4 is 11.8 Å². The zero-order valence-corrected chi connectivity index (χ0v) is 13.9. The summed E-state index contributed by atoms with van der Waals surface area (Å²) in [5.41, 5.74) is 1.44. The minimum Gasteiger partial charge on any atom is -0.311 e. The molecule has 2 nitrogen and oxygen atoms in total. The van der Waals surface area contributed by atoms with Crippen LogP contribution in [-0.4, -0.2) is 42.1 Å².